The van der Waals surface area contributed by atoms with Gasteiger partial charge in [0.2, 0.25) is 0 Å². The Hall–Kier alpha value is -3.74. The van der Waals surface area contributed by atoms with Crippen molar-refractivity contribution >= 4 is 38.8 Å². The first-order valence-electron chi connectivity index (χ1n) is 13.8. The molecule has 0 fully saturated rings. The number of allylic oxidation sites excluding steroid dienone is 1. The third-order valence-electron chi connectivity index (χ3n) is 7.39. The molecule has 2 unspecified atom stereocenters. The predicted molar refractivity (Wildman–Crippen MR) is 164 cm³/mol. The molecule has 3 aromatic carbocycles. The normalized spacial score (nSPS) is 16.5. The molecule has 6 heteroatoms. The first kappa shape index (κ1) is 25.2. The first-order chi connectivity index (χ1) is 19.8. The Balaban J connectivity index is 0.958. The second-order valence-corrected chi connectivity index (χ2v) is 12.1. The van der Waals surface area contributed by atoms with Gasteiger partial charge >= 0.3 is 0 Å². The number of benzene rings is 3. The summed E-state index contributed by atoms with van der Waals surface area (Å²) >= 11 is 3.56. The molecular weight excluding hydrogens is 537 g/mol. The average molecular weight is 567 g/mol. The van der Waals surface area contributed by atoms with Crippen LogP contribution in [0.15, 0.2) is 91.0 Å². The predicted octanol–water partition coefficient (Wildman–Crippen LogP) is 8.91. The maximum absolute atomic E-state index is 6.13. The third kappa shape index (κ3) is 5.09. The van der Waals surface area contributed by atoms with E-state index in [1.807, 2.05) is 60.7 Å². The fourth-order valence-electron chi connectivity index (χ4n) is 5.50. The maximum Gasteiger partial charge on any atom is 0.174 e. The lowest BCUT2D eigenvalue weighted by Gasteiger charge is -2.40. The molecule has 0 spiro atoms. The summed E-state index contributed by atoms with van der Waals surface area (Å²) in [6.07, 6.45) is 6.35. The van der Waals surface area contributed by atoms with Crippen molar-refractivity contribution in [2.24, 2.45) is 0 Å². The number of hydrogen-bond acceptors (Lipinski definition) is 6. The summed E-state index contributed by atoms with van der Waals surface area (Å²) in [5, 5.41) is 3.24. The van der Waals surface area contributed by atoms with E-state index < -0.39 is 0 Å². The monoisotopic (exact) mass is 566 g/mol. The molecule has 0 saturated heterocycles. The van der Waals surface area contributed by atoms with Crippen molar-refractivity contribution < 1.29 is 18.9 Å². The molecule has 0 bridgehead atoms. The second-order valence-electron chi connectivity index (χ2n) is 10.0. The zero-order valence-corrected chi connectivity index (χ0v) is 23.7. The number of hydrogen-bond donors (Lipinski definition) is 0. The Morgan fingerprint density at radius 2 is 1.25 bits per heavy atom. The van der Waals surface area contributed by atoms with Crippen LogP contribution in [-0.4, -0.2) is 26.4 Å². The van der Waals surface area contributed by atoms with Crippen molar-refractivity contribution in [1.29, 1.82) is 0 Å². The summed E-state index contributed by atoms with van der Waals surface area (Å²) in [4.78, 5) is 1.42. The van der Waals surface area contributed by atoms with Crippen LogP contribution in [0.4, 0.5) is 0 Å². The summed E-state index contributed by atoms with van der Waals surface area (Å²) in [5.74, 6) is 2.65. The minimum absolute atomic E-state index is 0.419. The summed E-state index contributed by atoms with van der Waals surface area (Å²) in [5.41, 5.74) is 4.20. The average Bonchev–Trinajstić information content (AvgIpc) is 3.58. The van der Waals surface area contributed by atoms with E-state index in [-0.39, 0.29) is 0 Å². The number of ether oxygens (including phenoxy) is 4. The van der Waals surface area contributed by atoms with Crippen LogP contribution in [0.3, 0.4) is 0 Å². The van der Waals surface area contributed by atoms with Crippen molar-refractivity contribution in [2.45, 2.75) is 24.7 Å². The van der Waals surface area contributed by atoms with Gasteiger partial charge in [-0.25, -0.2) is 0 Å². The second kappa shape index (κ2) is 11.4. The molecule has 2 aromatic heterocycles. The number of para-hydroxylation sites is 2. The van der Waals surface area contributed by atoms with E-state index in [4.69, 9.17) is 18.9 Å². The van der Waals surface area contributed by atoms with E-state index in [1.165, 1.54) is 31.7 Å². The van der Waals surface area contributed by atoms with Crippen molar-refractivity contribution in [3.05, 3.63) is 113 Å². The van der Waals surface area contributed by atoms with Crippen LogP contribution in [-0.2, 0) is 0 Å². The van der Waals surface area contributed by atoms with Crippen molar-refractivity contribution in [1.82, 2.24) is 0 Å². The molecule has 7 rings (SSSR count). The van der Waals surface area contributed by atoms with Crippen LogP contribution in [0.5, 0.6) is 21.6 Å². The van der Waals surface area contributed by atoms with Gasteiger partial charge in [0, 0.05) is 34.3 Å². The Labute approximate surface area is 242 Å². The smallest absolute Gasteiger partial charge is 0.174 e. The molecule has 0 aliphatic heterocycles. The lowest BCUT2D eigenvalue weighted by molar-refractivity contribution is 0.251. The van der Waals surface area contributed by atoms with Crippen LogP contribution >= 0.6 is 22.7 Å². The van der Waals surface area contributed by atoms with E-state index in [1.54, 1.807) is 22.7 Å². The zero-order chi connectivity index (χ0) is 26.7. The molecule has 0 amide bonds. The summed E-state index contributed by atoms with van der Waals surface area (Å²) in [7, 11) is 0. The maximum atomic E-state index is 6.13. The van der Waals surface area contributed by atoms with Gasteiger partial charge in [-0.15, -0.1) is 11.3 Å². The molecule has 0 saturated carbocycles. The summed E-state index contributed by atoms with van der Waals surface area (Å²) < 4.78 is 25.2. The van der Waals surface area contributed by atoms with Crippen LogP contribution in [0, 0.1) is 0 Å². The summed E-state index contributed by atoms with van der Waals surface area (Å²) in [6, 6.07) is 28.8. The van der Waals surface area contributed by atoms with Crippen molar-refractivity contribution in [3.63, 3.8) is 0 Å². The van der Waals surface area contributed by atoms with E-state index >= 15 is 0 Å². The van der Waals surface area contributed by atoms with Gasteiger partial charge in [-0.1, -0.05) is 72.0 Å². The zero-order valence-electron chi connectivity index (χ0n) is 22.1. The minimum atomic E-state index is 0.419. The number of fused-ring (bicyclic) bond motifs is 8. The Bertz CT molecular complexity index is 1620. The van der Waals surface area contributed by atoms with Gasteiger partial charge in [0.25, 0.3) is 0 Å². The van der Waals surface area contributed by atoms with Gasteiger partial charge in [0.15, 0.2) is 10.1 Å². The third-order valence-corrected chi connectivity index (χ3v) is 9.63. The molecule has 2 aliphatic carbocycles. The van der Waals surface area contributed by atoms with Crippen LogP contribution in [0.25, 0.3) is 16.2 Å². The molecule has 2 aliphatic rings. The molecular formula is C34H30O4S2. The highest BCUT2D eigenvalue weighted by molar-refractivity contribution is 7.21. The standard InChI is InChI=1S/C34H30O4S2/c1-3-9-25(10-4-1)35-17-7-19-37-29-21-23-13-15-27-31(33(23)39-29)28-16-14-24-22-30(40-34(24)32(27)28)38-20-8-18-36-26-11-5-2-6-12-26/h1-6,9-16,21-22,27,31H,7-8,17-20H2. The quantitative estimate of drug-likeness (QED) is 0.141. The van der Waals surface area contributed by atoms with E-state index in [0.29, 0.717) is 38.3 Å². The fraction of sp³-hybridized carbons (Fsp3) is 0.235. The van der Waals surface area contributed by atoms with Gasteiger partial charge in [-0.3, -0.25) is 0 Å². The van der Waals surface area contributed by atoms with Crippen molar-refractivity contribution in [3.8, 4) is 21.6 Å². The van der Waals surface area contributed by atoms with E-state index in [2.05, 4.69) is 36.4 Å². The first-order valence-corrected chi connectivity index (χ1v) is 15.5. The van der Waals surface area contributed by atoms with E-state index in [9.17, 15) is 0 Å². The highest BCUT2D eigenvalue weighted by Crippen LogP contribution is 2.60. The van der Waals surface area contributed by atoms with Gasteiger partial charge in [-0.05, 0) is 58.5 Å². The molecule has 40 heavy (non-hydrogen) atoms. The van der Waals surface area contributed by atoms with Gasteiger partial charge in [-0.2, -0.15) is 0 Å². The molecule has 202 valence electrons. The SMILES string of the molecule is C1=CC2c3c(ccc4cc(OCCCOc5ccccc5)sc34)C2c2sc(OCCCOc3ccccc3)cc21. The lowest BCUT2D eigenvalue weighted by Crippen LogP contribution is -2.25. The molecule has 2 heterocycles. The Morgan fingerprint density at radius 3 is 1.93 bits per heavy atom. The highest BCUT2D eigenvalue weighted by Gasteiger charge is 2.42. The highest BCUT2D eigenvalue weighted by atomic mass is 32.1. The molecule has 0 radical (unpaired) electrons. The van der Waals surface area contributed by atoms with Crippen LogP contribution in [0.1, 0.15) is 46.2 Å². The van der Waals surface area contributed by atoms with Crippen molar-refractivity contribution in [2.75, 3.05) is 26.4 Å². The van der Waals surface area contributed by atoms with Gasteiger partial charge in [0.05, 0.1) is 26.4 Å². The Morgan fingerprint density at radius 1 is 0.625 bits per heavy atom. The molecule has 2 atom stereocenters. The topological polar surface area (TPSA) is 36.9 Å². The summed E-state index contributed by atoms with van der Waals surface area (Å²) in [6.45, 7) is 2.59. The van der Waals surface area contributed by atoms with Crippen LogP contribution < -0.4 is 18.9 Å². The number of thiophene rings is 2. The fourth-order valence-corrected chi connectivity index (χ4v) is 7.83. The number of rotatable bonds is 12. The van der Waals surface area contributed by atoms with Crippen LogP contribution in [0.2, 0.25) is 0 Å². The molecule has 0 N–H and O–H groups in total. The van der Waals surface area contributed by atoms with Gasteiger partial charge < -0.3 is 18.9 Å². The largest absolute Gasteiger partial charge is 0.493 e. The lowest BCUT2D eigenvalue weighted by atomic mass is 9.64. The minimum Gasteiger partial charge on any atom is -0.493 e. The molecule has 5 aromatic rings. The van der Waals surface area contributed by atoms with E-state index in [0.717, 1.165) is 34.5 Å². The molecule has 4 nitrogen and oxygen atoms in total. The Kier molecular flexibility index (Phi) is 7.19. The van der Waals surface area contributed by atoms with Gasteiger partial charge in [0.1, 0.15) is 11.5 Å².